The van der Waals surface area contributed by atoms with Gasteiger partial charge in [0.25, 0.3) is 0 Å². The maximum Gasteiger partial charge on any atom is 0.0451 e. The second-order valence-electron chi connectivity index (χ2n) is 3.90. The quantitative estimate of drug-likeness (QED) is 0.873. The Kier molecular flexibility index (Phi) is 4.11. The summed E-state index contributed by atoms with van der Waals surface area (Å²) >= 11 is 3.39. The standard InChI is InChI=1S/C11H17BrN2/c1-7(2)10(13)11(14)8-3-5-9(12)6-4-8/h3-7,10-11H,13-14H2,1-2H3/t10-,11-/m1/s1. The lowest BCUT2D eigenvalue weighted by Gasteiger charge is -2.23. The molecule has 0 saturated heterocycles. The normalized spacial score (nSPS) is 15.6. The summed E-state index contributed by atoms with van der Waals surface area (Å²) in [6.07, 6.45) is 0. The van der Waals surface area contributed by atoms with Crippen molar-refractivity contribution in [3.05, 3.63) is 34.3 Å². The third-order valence-corrected chi connectivity index (χ3v) is 2.97. The van der Waals surface area contributed by atoms with Crippen LogP contribution in [0, 0.1) is 5.92 Å². The Labute approximate surface area is 93.8 Å². The van der Waals surface area contributed by atoms with Crippen molar-refractivity contribution in [1.82, 2.24) is 0 Å². The minimum atomic E-state index is -0.0805. The molecule has 78 valence electrons. The van der Waals surface area contributed by atoms with Gasteiger partial charge in [0, 0.05) is 16.6 Å². The molecule has 0 aliphatic rings. The van der Waals surface area contributed by atoms with Gasteiger partial charge in [0.15, 0.2) is 0 Å². The van der Waals surface area contributed by atoms with Gasteiger partial charge in [0.1, 0.15) is 0 Å². The van der Waals surface area contributed by atoms with Crippen molar-refractivity contribution in [2.45, 2.75) is 25.9 Å². The number of benzene rings is 1. The fraction of sp³-hybridized carbons (Fsp3) is 0.455. The first-order chi connectivity index (χ1) is 6.52. The first-order valence-electron chi connectivity index (χ1n) is 4.79. The zero-order valence-corrected chi connectivity index (χ0v) is 10.2. The number of nitrogens with two attached hydrogens (primary N) is 2. The molecule has 1 aromatic carbocycles. The Morgan fingerprint density at radius 1 is 1.07 bits per heavy atom. The van der Waals surface area contributed by atoms with Crippen molar-refractivity contribution < 1.29 is 0 Å². The monoisotopic (exact) mass is 256 g/mol. The molecule has 0 aromatic heterocycles. The van der Waals surface area contributed by atoms with E-state index in [2.05, 4.69) is 29.8 Å². The lowest BCUT2D eigenvalue weighted by Crippen LogP contribution is -2.38. The van der Waals surface area contributed by atoms with Crippen molar-refractivity contribution in [3.63, 3.8) is 0 Å². The van der Waals surface area contributed by atoms with E-state index < -0.39 is 0 Å². The van der Waals surface area contributed by atoms with Gasteiger partial charge in [0.05, 0.1) is 0 Å². The van der Waals surface area contributed by atoms with E-state index in [0.717, 1.165) is 10.0 Å². The fourth-order valence-corrected chi connectivity index (χ4v) is 1.59. The van der Waals surface area contributed by atoms with Crippen LogP contribution in [0.3, 0.4) is 0 Å². The molecule has 14 heavy (non-hydrogen) atoms. The van der Waals surface area contributed by atoms with Crippen molar-refractivity contribution in [3.8, 4) is 0 Å². The molecule has 0 spiro atoms. The smallest absolute Gasteiger partial charge is 0.0451 e. The van der Waals surface area contributed by atoms with Crippen molar-refractivity contribution >= 4 is 15.9 Å². The van der Waals surface area contributed by atoms with E-state index in [-0.39, 0.29) is 12.1 Å². The number of halogens is 1. The van der Waals surface area contributed by atoms with E-state index in [0.29, 0.717) is 5.92 Å². The molecule has 0 heterocycles. The number of hydrogen-bond acceptors (Lipinski definition) is 2. The average Bonchev–Trinajstić information content (AvgIpc) is 2.16. The summed E-state index contributed by atoms with van der Waals surface area (Å²) in [6, 6.07) is 7.93. The van der Waals surface area contributed by atoms with Gasteiger partial charge in [-0.3, -0.25) is 0 Å². The molecule has 0 bridgehead atoms. The molecule has 3 heteroatoms. The molecule has 0 unspecified atom stereocenters. The highest BCUT2D eigenvalue weighted by molar-refractivity contribution is 9.10. The minimum Gasteiger partial charge on any atom is -0.326 e. The van der Waals surface area contributed by atoms with E-state index in [9.17, 15) is 0 Å². The first kappa shape index (κ1) is 11.7. The molecule has 0 aliphatic heterocycles. The van der Waals surface area contributed by atoms with Gasteiger partial charge in [-0.2, -0.15) is 0 Å². The molecule has 1 aromatic rings. The van der Waals surface area contributed by atoms with E-state index >= 15 is 0 Å². The van der Waals surface area contributed by atoms with Crippen LogP contribution >= 0.6 is 15.9 Å². The van der Waals surface area contributed by atoms with E-state index in [1.165, 1.54) is 0 Å². The predicted octanol–water partition coefficient (Wildman–Crippen LogP) is 2.43. The average molecular weight is 257 g/mol. The van der Waals surface area contributed by atoms with E-state index in [4.69, 9.17) is 11.5 Å². The van der Waals surface area contributed by atoms with Crippen molar-refractivity contribution in [2.24, 2.45) is 17.4 Å². The van der Waals surface area contributed by atoms with Crippen molar-refractivity contribution in [2.75, 3.05) is 0 Å². The summed E-state index contributed by atoms with van der Waals surface area (Å²) in [5, 5.41) is 0. The molecule has 0 amide bonds. The van der Waals surface area contributed by atoms with Crippen LogP contribution in [-0.2, 0) is 0 Å². The van der Waals surface area contributed by atoms with Crippen LogP contribution in [0.15, 0.2) is 28.7 Å². The van der Waals surface area contributed by atoms with Crippen molar-refractivity contribution in [1.29, 1.82) is 0 Å². The van der Waals surface area contributed by atoms with Gasteiger partial charge in [-0.15, -0.1) is 0 Å². The molecule has 0 aliphatic carbocycles. The highest BCUT2D eigenvalue weighted by Crippen LogP contribution is 2.19. The largest absolute Gasteiger partial charge is 0.326 e. The Hall–Kier alpha value is -0.380. The van der Waals surface area contributed by atoms with Gasteiger partial charge < -0.3 is 11.5 Å². The molecule has 0 fully saturated rings. The highest BCUT2D eigenvalue weighted by Gasteiger charge is 2.17. The second-order valence-corrected chi connectivity index (χ2v) is 4.81. The molecular weight excluding hydrogens is 240 g/mol. The summed E-state index contributed by atoms with van der Waals surface area (Å²) in [5.74, 6) is 0.397. The number of rotatable bonds is 3. The maximum atomic E-state index is 6.05. The molecule has 0 saturated carbocycles. The zero-order chi connectivity index (χ0) is 10.7. The molecule has 2 nitrogen and oxygen atoms in total. The van der Waals surface area contributed by atoms with Crippen LogP contribution in [0.2, 0.25) is 0 Å². The third kappa shape index (κ3) is 2.80. The van der Waals surface area contributed by atoms with Gasteiger partial charge >= 0.3 is 0 Å². The lowest BCUT2D eigenvalue weighted by atomic mass is 9.93. The van der Waals surface area contributed by atoms with Gasteiger partial charge in [0.2, 0.25) is 0 Å². The first-order valence-corrected chi connectivity index (χ1v) is 5.58. The summed E-state index contributed by atoms with van der Waals surface area (Å²) < 4.78 is 1.06. The van der Waals surface area contributed by atoms with Crippen LogP contribution in [0.25, 0.3) is 0 Å². The van der Waals surface area contributed by atoms with E-state index in [1.54, 1.807) is 0 Å². The Balaban J connectivity index is 2.78. The SMILES string of the molecule is CC(C)[C@@H](N)[C@H](N)c1ccc(Br)cc1. The van der Waals surface area contributed by atoms with Crippen LogP contribution in [-0.4, -0.2) is 6.04 Å². The summed E-state index contributed by atoms with van der Waals surface area (Å²) in [6.45, 7) is 4.17. The summed E-state index contributed by atoms with van der Waals surface area (Å²) in [7, 11) is 0. The fourth-order valence-electron chi connectivity index (χ4n) is 1.32. The summed E-state index contributed by atoms with van der Waals surface area (Å²) in [4.78, 5) is 0. The topological polar surface area (TPSA) is 52.0 Å². The van der Waals surface area contributed by atoms with Crippen LogP contribution in [0.1, 0.15) is 25.5 Å². The molecular formula is C11H17BrN2. The predicted molar refractivity (Wildman–Crippen MR) is 63.9 cm³/mol. The second kappa shape index (κ2) is 4.91. The molecule has 0 radical (unpaired) electrons. The Bertz CT molecular complexity index is 282. The molecule has 2 atom stereocenters. The lowest BCUT2D eigenvalue weighted by molar-refractivity contribution is 0.423. The van der Waals surface area contributed by atoms with Crippen LogP contribution in [0.5, 0.6) is 0 Å². The zero-order valence-electron chi connectivity index (χ0n) is 8.57. The van der Waals surface area contributed by atoms with Crippen LogP contribution in [0.4, 0.5) is 0 Å². The molecule has 4 N–H and O–H groups in total. The Morgan fingerprint density at radius 3 is 2.00 bits per heavy atom. The highest BCUT2D eigenvalue weighted by atomic mass is 79.9. The number of hydrogen-bond donors (Lipinski definition) is 2. The van der Waals surface area contributed by atoms with Gasteiger partial charge in [-0.1, -0.05) is 41.9 Å². The Morgan fingerprint density at radius 2 is 1.57 bits per heavy atom. The van der Waals surface area contributed by atoms with Gasteiger partial charge in [-0.25, -0.2) is 0 Å². The van der Waals surface area contributed by atoms with Crippen LogP contribution < -0.4 is 11.5 Å². The van der Waals surface area contributed by atoms with E-state index in [1.807, 2.05) is 24.3 Å². The summed E-state index contributed by atoms with van der Waals surface area (Å²) in [5.41, 5.74) is 13.1. The van der Waals surface area contributed by atoms with Gasteiger partial charge in [-0.05, 0) is 23.6 Å². The minimum absolute atomic E-state index is 0.0103. The third-order valence-electron chi connectivity index (χ3n) is 2.44. The molecule has 1 rings (SSSR count). The maximum absolute atomic E-state index is 6.05.